The summed E-state index contributed by atoms with van der Waals surface area (Å²) in [6.07, 6.45) is 10.7. The zero-order valence-corrected chi connectivity index (χ0v) is 22.3. The van der Waals surface area contributed by atoms with Gasteiger partial charge >= 0.3 is 0 Å². The molecule has 0 fully saturated rings. The number of rotatable bonds is 4. The third-order valence-corrected chi connectivity index (χ3v) is 6.91. The SMILES string of the molecule is Cn1cc(-c2cc(-c3cnc4c(c3)OCCCN(C(=O)Cc3ccc(F)cn3)CCN4)c3c(C#N)cnn3c2)cn1. The van der Waals surface area contributed by atoms with Crippen LogP contribution in [0.3, 0.4) is 0 Å². The average Bonchev–Trinajstić information content (AvgIpc) is 3.61. The van der Waals surface area contributed by atoms with E-state index in [-0.39, 0.29) is 12.3 Å². The smallest absolute Gasteiger partial charge is 0.228 e. The number of hydrogen-bond acceptors (Lipinski definition) is 8. The molecule has 0 saturated heterocycles. The molecule has 0 saturated carbocycles. The second-order valence-corrected chi connectivity index (χ2v) is 9.73. The van der Waals surface area contributed by atoms with Crippen LogP contribution in [-0.4, -0.2) is 66.4 Å². The molecule has 0 aromatic carbocycles. The summed E-state index contributed by atoms with van der Waals surface area (Å²) in [5, 5.41) is 21.7. The molecule has 1 aliphatic rings. The minimum absolute atomic E-state index is 0.0818. The van der Waals surface area contributed by atoms with Gasteiger partial charge in [0.15, 0.2) is 11.6 Å². The maximum absolute atomic E-state index is 13.2. The van der Waals surface area contributed by atoms with Crippen molar-refractivity contribution in [2.45, 2.75) is 12.8 Å². The molecular formula is C29H26FN9O2. The van der Waals surface area contributed by atoms with Crippen LogP contribution in [0.4, 0.5) is 10.2 Å². The molecule has 0 radical (unpaired) electrons. The summed E-state index contributed by atoms with van der Waals surface area (Å²) in [6.45, 7) is 1.82. The van der Waals surface area contributed by atoms with Gasteiger partial charge in [-0.3, -0.25) is 14.5 Å². The van der Waals surface area contributed by atoms with Gasteiger partial charge in [-0.05, 0) is 30.7 Å². The fourth-order valence-corrected chi connectivity index (χ4v) is 4.87. The molecule has 1 amide bonds. The molecule has 206 valence electrons. The van der Waals surface area contributed by atoms with Gasteiger partial charge < -0.3 is 15.0 Å². The molecule has 0 bridgehead atoms. The summed E-state index contributed by atoms with van der Waals surface area (Å²) in [5.74, 6) is 0.635. The molecule has 5 aromatic heterocycles. The predicted octanol–water partition coefficient (Wildman–Crippen LogP) is 3.47. The van der Waals surface area contributed by atoms with Crippen LogP contribution in [-0.2, 0) is 18.3 Å². The Hall–Kier alpha value is -5.31. The van der Waals surface area contributed by atoms with Gasteiger partial charge in [-0.15, -0.1) is 0 Å². The van der Waals surface area contributed by atoms with Crippen molar-refractivity contribution in [3.05, 3.63) is 78.5 Å². The van der Waals surface area contributed by atoms with Gasteiger partial charge in [-0.2, -0.15) is 15.5 Å². The van der Waals surface area contributed by atoms with Crippen molar-refractivity contribution < 1.29 is 13.9 Å². The molecule has 1 aliphatic heterocycles. The summed E-state index contributed by atoms with van der Waals surface area (Å²) in [5.41, 5.74) is 5.05. The lowest BCUT2D eigenvalue weighted by atomic mass is 10.0. The molecule has 6 rings (SSSR count). The van der Waals surface area contributed by atoms with E-state index in [2.05, 4.69) is 31.6 Å². The molecule has 12 heteroatoms. The van der Waals surface area contributed by atoms with Crippen LogP contribution in [0, 0.1) is 17.1 Å². The number of anilines is 1. The Labute approximate surface area is 234 Å². The lowest BCUT2D eigenvalue weighted by Gasteiger charge is -2.25. The van der Waals surface area contributed by atoms with Crippen molar-refractivity contribution in [3.8, 4) is 34.1 Å². The average molecular weight is 552 g/mol. The molecule has 0 atom stereocenters. The van der Waals surface area contributed by atoms with Crippen LogP contribution < -0.4 is 10.1 Å². The molecule has 0 unspecified atom stereocenters. The number of halogens is 1. The van der Waals surface area contributed by atoms with Crippen LogP contribution in [0.1, 0.15) is 17.7 Å². The largest absolute Gasteiger partial charge is 0.490 e. The number of ether oxygens (including phenoxy) is 1. The highest BCUT2D eigenvalue weighted by Crippen LogP contribution is 2.35. The van der Waals surface area contributed by atoms with Crippen LogP contribution in [0.5, 0.6) is 5.75 Å². The molecule has 0 aliphatic carbocycles. The Kier molecular flexibility index (Phi) is 6.99. The van der Waals surface area contributed by atoms with Crippen molar-refractivity contribution in [1.82, 2.24) is 34.3 Å². The van der Waals surface area contributed by atoms with E-state index in [9.17, 15) is 14.4 Å². The monoisotopic (exact) mass is 551 g/mol. The summed E-state index contributed by atoms with van der Waals surface area (Å²) in [6, 6.07) is 8.98. The standard InChI is InChI=1S/C29H26FN9O2/c1-37-17-22(15-35-37)20-9-25(28-21(12-31)14-36-39(28)18-20)19-10-26-29(34-13-19)32-5-7-38(6-2-8-41-26)27(40)11-24-4-3-23(30)16-33-24/h3-4,9-10,13-18H,2,5-8,11H2,1H3,(H,32,34). The van der Waals surface area contributed by atoms with Crippen LogP contribution >= 0.6 is 0 Å². The van der Waals surface area contributed by atoms with Gasteiger partial charge in [-0.1, -0.05) is 0 Å². The van der Waals surface area contributed by atoms with E-state index in [1.165, 1.54) is 12.1 Å². The maximum Gasteiger partial charge on any atom is 0.228 e. The van der Waals surface area contributed by atoms with E-state index in [0.29, 0.717) is 61.0 Å². The zero-order chi connectivity index (χ0) is 28.3. The second kappa shape index (κ2) is 11.1. The third-order valence-electron chi connectivity index (χ3n) is 6.91. The van der Waals surface area contributed by atoms with E-state index < -0.39 is 5.82 Å². The molecule has 0 spiro atoms. The minimum atomic E-state index is -0.433. The maximum atomic E-state index is 13.2. The molecule has 11 nitrogen and oxygen atoms in total. The Morgan fingerprint density at radius 1 is 1.07 bits per heavy atom. The number of carbonyl (C=O) groups is 1. The molecule has 1 N–H and O–H groups in total. The van der Waals surface area contributed by atoms with Crippen molar-refractivity contribution in [2.75, 3.05) is 31.6 Å². The quantitative estimate of drug-likeness (QED) is 0.360. The van der Waals surface area contributed by atoms with Crippen LogP contribution in [0.2, 0.25) is 0 Å². The lowest BCUT2D eigenvalue weighted by Crippen LogP contribution is -2.38. The topological polar surface area (TPSA) is 126 Å². The number of nitrogens with zero attached hydrogens (tertiary/aromatic N) is 8. The molecule has 5 aromatic rings. The number of fused-ring (bicyclic) bond motifs is 2. The highest BCUT2D eigenvalue weighted by Gasteiger charge is 2.19. The van der Waals surface area contributed by atoms with E-state index in [1.807, 2.05) is 31.6 Å². The number of aryl methyl sites for hydroxylation is 1. The highest BCUT2D eigenvalue weighted by molar-refractivity contribution is 5.88. The first-order valence-corrected chi connectivity index (χ1v) is 13.1. The fraction of sp³-hybridized carbons (Fsp3) is 0.241. The van der Waals surface area contributed by atoms with Gasteiger partial charge in [0.25, 0.3) is 0 Å². The van der Waals surface area contributed by atoms with Gasteiger partial charge in [0.1, 0.15) is 11.9 Å². The fourth-order valence-electron chi connectivity index (χ4n) is 4.87. The number of aromatic nitrogens is 6. The van der Waals surface area contributed by atoms with Crippen LogP contribution in [0.25, 0.3) is 27.8 Å². The van der Waals surface area contributed by atoms with Crippen molar-refractivity contribution in [2.24, 2.45) is 7.05 Å². The summed E-state index contributed by atoms with van der Waals surface area (Å²) < 4.78 is 22.7. The third kappa shape index (κ3) is 5.42. The number of amides is 1. The first-order chi connectivity index (χ1) is 20.0. The lowest BCUT2D eigenvalue weighted by molar-refractivity contribution is -0.130. The van der Waals surface area contributed by atoms with Gasteiger partial charge in [0.05, 0.1) is 42.7 Å². The Morgan fingerprint density at radius 3 is 2.76 bits per heavy atom. The Balaban J connectivity index is 1.26. The van der Waals surface area contributed by atoms with E-state index in [1.54, 1.807) is 32.7 Å². The summed E-state index contributed by atoms with van der Waals surface area (Å²) in [7, 11) is 1.86. The number of carbonyl (C=O) groups excluding carboxylic acids is 1. The van der Waals surface area contributed by atoms with E-state index in [4.69, 9.17) is 4.74 Å². The number of pyridine rings is 3. The first-order valence-electron chi connectivity index (χ1n) is 13.1. The van der Waals surface area contributed by atoms with Gasteiger partial charge in [0.2, 0.25) is 5.91 Å². The molecule has 6 heterocycles. The first kappa shape index (κ1) is 25.9. The van der Waals surface area contributed by atoms with E-state index >= 15 is 0 Å². The van der Waals surface area contributed by atoms with Gasteiger partial charge in [0, 0.05) is 73.2 Å². The minimum Gasteiger partial charge on any atom is -0.490 e. The summed E-state index contributed by atoms with van der Waals surface area (Å²) >= 11 is 0. The normalized spacial score (nSPS) is 13.6. The summed E-state index contributed by atoms with van der Waals surface area (Å²) in [4.78, 5) is 23.3. The number of hydrogen-bond donors (Lipinski definition) is 1. The Bertz CT molecular complexity index is 1770. The zero-order valence-electron chi connectivity index (χ0n) is 22.3. The number of nitrogens with one attached hydrogen (secondary N) is 1. The van der Waals surface area contributed by atoms with Crippen LogP contribution in [0.15, 0.2) is 61.4 Å². The number of nitriles is 1. The Morgan fingerprint density at radius 2 is 1.98 bits per heavy atom. The second-order valence-electron chi connectivity index (χ2n) is 9.73. The molecular weight excluding hydrogens is 525 g/mol. The van der Waals surface area contributed by atoms with Gasteiger partial charge in [-0.25, -0.2) is 13.9 Å². The predicted molar refractivity (Wildman–Crippen MR) is 148 cm³/mol. The highest BCUT2D eigenvalue weighted by atomic mass is 19.1. The van der Waals surface area contributed by atoms with E-state index in [0.717, 1.165) is 28.5 Å². The van der Waals surface area contributed by atoms with Crippen molar-refractivity contribution in [1.29, 1.82) is 5.26 Å². The van der Waals surface area contributed by atoms with Crippen molar-refractivity contribution in [3.63, 3.8) is 0 Å². The molecule has 41 heavy (non-hydrogen) atoms. The van der Waals surface area contributed by atoms with Crippen molar-refractivity contribution >= 4 is 17.2 Å².